The van der Waals surface area contributed by atoms with Crippen LogP contribution in [-0.4, -0.2) is 22.7 Å². The van der Waals surface area contributed by atoms with Crippen molar-refractivity contribution in [1.82, 2.24) is 4.98 Å². The number of benzene rings is 3. The van der Waals surface area contributed by atoms with Crippen molar-refractivity contribution in [3.05, 3.63) is 99.4 Å². The Morgan fingerprint density at radius 1 is 0.939 bits per heavy atom. The van der Waals surface area contributed by atoms with Crippen LogP contribution in [0.4, 0.5) is 10.8 Å². The minimum Gasteiger partial charge on any atom is -0.298 e. The number of hydrogen-bond donors (Lipinski definition) is 1. The Labute approximate surface area is 198 Å². The molecule has 2 heterocycles. The van der Waals surface area contributed by atoms with E-state index in [2.05, 4.69) is 10.3 Å². The van der Waals surface area contributed by atoms with E-state index >= 15 is 0 Å². The lowest BCUT2D eigenvalue weighted by Crippen LogP contribution is -2.29. The third-order valence-corrected chi connectivity index (χ3v) is 6.43. The van der Waals surface area contributed by atoms with E-state index in [1.54, 1.807) is 54.6 Å². The molecule has 162 valence electrons. The fourth-order valence-electron chi connectivity index (χ4n) is 3.70. The Bertz CT molecular complexity index is 1390. The van der Waals surface area contributed by atoms with Gasteiger partial charge in [0.05, 0.1) is 22.5 Å². The number of anilines is 2. The number of halogens is 1. The Morgan fingerprint density at radius 3 is 2.27 bits per heavy atom. The van der Waals surface area contributed by atoms with E-state index in [1.165, 1.54) is 17.4 Å². The van der Waals surface area contributed by atoms with Crippen molar-refractivity contribution in [2.75, 3.05) is 10.2 Å². The summed E-state index contributed by atoms with van der Waals surface area (Å²) < 4.78 is 0. The van der Waals surface area contributed by atoms with Crippen LogP contribution >= 0.6 is 22.9 Å². The molecule has 0 radical (unpaired) electrons. The first-order valence-corrected chi connectivity index (χ1v) is 11.2. The van der Waals surface area contributed by atoms with Crippen LogP contribution in [0.15, 0.2) is 72.8 Å². The summed E-state index contributed by atoms with van der Waals surface area (Å²) in [6, 6.07) is 20.4. The highest BCUT2D eigenvalue weighted by molar-refractivity contribution is 7.16. The molecular weight excluding hydrogens is 458 g/mol. The Kier molecular flexibility index (Phi) is 5.28. The van der Waals surface area contributed by atoms with E-state index in [0.29, 0.717) is 32.5 Å². The number of amides is 3. The van der Waals surface area contributed by atoms with Gasteiger partial charge in [0.15, 0.2) is 5.13 Å². The number of carbonyl (C=O) groups excluding carboxylic acids is 3. The zero-order chi connectivity index (χ0) is 23.1. The van der Waals surface area contributed by atoms with E-state index in [1.807, 2.05) is 19.1 Å². The number of imide groups is 1. The van der Waals surface area contributed by atoms with Crippen molar-refractivity contribution in [3.63, 3.8) is 0 Å². The number of thiazole rings is 1. The molecule has 0 atom stereocenters. The summed E-state index contributed by atoms with van der Waals surface area (Å²) in [6.07, 6.45) is 0. The third-order valence-electron chi connectivity index (χ3n) is 5.30. The van der Waals surface area contributed by atoms with Gasteiger partial charge >= 0.3 is 0 Å². The summed E-state index contributed by atoms with van der Waals surface area (Å²) in [5.41, 5.74) is 3.03. The summed E-state index contributed by atoms with van der Waals surface area (Å²) in [7, 11) is 0. The normalized spacial score (nSPS) is 12.7. The van der Waals surface area contributed by atoms with Crippen LogP contribution in [0.1, 0.15) is 36.0 Å². The Morgan fingerprint density at radius 2 is 1.61 bits per heavy atom. The van der Waals surface area contributed by atoms with Crippen LogP contribution < -0.4 is 10.2 Å². The molecule has 8 heteroatoms. The first-order chi connectivity index (χ1) is 15.9. The second kappa shape index (κ2) is 8.27. The van der Waals surface area contributed by atoms with E-state index < -0.39 is 11.8 Å². The van der Waals surface area contributed by atoms with Crippen LogP contribution in [-0.2, 0) is 0 Å². The third kappa shape index (κ3) is 3.82. The average Bonchev–Trinajstić information content (AvgIpc) is 3.31. The second-order valence-corrected chi connectivity index (χ2v) is 9.07. The van der Waals surface area contributed by atoms with Gasteiger partial charge < -0.3 is 0 Å². The molecule has 1 aliphatic heterocycles. The zero-order valence-electron chi connectivity index (χ0n) is 17.3. The lowest BCUT2D eigenvalue weighted by Gasteiger charge is -2.14. The van der Waals surface area contributed by atoms with Gasteiger partial charge in [-0.25, -0.2) is 9.88 Å². The van der Waals surface area contributed by atoms with Crippen molar-refractivity contribution >= 4 is 51.5 Å². The fourth-order valence-corrected chi connectivity index (χ4v) is 4.66. The number of hydrogen-bond acceptors (Lipinski definition) is 5. The van der Waals surface area contributed by atoms with Crippen molar-refractivity contribution in [3.8, 4) is 11.3 Å². The topological polar surface area (TPSA) is 79.4 Å². The Hall–Kier alpha value is -3.81. The molecule has 4 aromatic rings. The highest BCUT2D eigenvalue weighted by atomic mass is 35.5. The van der Waals surface area contributed by atoms with Crippen molar-refractivity contribution < 1.29 is 14.4 Å². The molecule has 6 nitrogen and oxygen atoms in total. The van der Waals surface area contributed by atoms with Gasteiger partial charge in [0.1, 0.15) is 0 Å². The Balaban J connectivity index is 1.39. The number of aryl methyl sites for hydroxylation is 1. The van der Waals surface area contributed by atoms with Crippen molar-refractivity contribution in [2.45, 2.75) is 6.92 Å². The van der Waals surface area contributed by atoms with E-state index in [-0.39, 0.29) is 5.91 Å². The first-order valence-electron chi connectivity index (χ1n) is 10.0. The van der Waals surface area contributed by atoms with Crippen LogP contribution in [0.25, 0.3) is 11.3 Å². The molecule has 0 aliphatic carbocycles. The fraction of sp³-hybridized carbons (Fsp3) is 0.0400. The molecule has 1 aromatic heterocycles. The molecule has 5 rings (SSSR count). The maximum Gasteiger partial charge on any atom is 0.266 e. The van der Waals surface area contributed by atoms with E-state index in [0.717, 1.165) is 21.0 Å². The molecule has 0 unspecified atom stereocenters. The van der Waals surface area contributed by atoms with Crippen molar-refractivity contribution in [1.29, 1.82) is 0 Å². The van der Waals surface area contributed by atoms with Crippen LogP contribution in [0.3, 0.4) is 0 Å². The number of nitrogens with one attached hydrogen (secondary N) is 1. The molecule has 3 aromatic carbocycles. The molecule has 0 saturated heterocycles. The number of fused-ring (bicyclic) bond motifs is 1. The largest absolute Gasteiger partial charge is 0.298 e. The van der Waals surface area contributed by atoms with Crippen LogP contribution in [0, 0.1) is 6.92 Å². The van der Waals surface area contributed by atoms with Gasteiger partial charge in [0.25, 0.3) is 17.7 Å². The quantitative estimate of drug-likeness (QED) is 0.378. The smallest absolute Gasteiger partial charge is 0.266 e. The highest BCUT2D eigenvalue weighted by Gasteiger charge is 2.36. The summed E-state index contributed by atoms with van der Waals surface area (Å²) in [5.74, 6) is -1.20. The predicted molar refractivity (Wildman–Crippen MR) is 129 cm³/mol. The van der Waals surface area contributed by atoms with Gasteiger partial charge in [-0.2, -0.15) is 0 Å². The number of carbonyl (C=O) groups is 3. The summed E-state index contributed by atoms with van der Waals surface area (Å²) in [5, 5.41) is 3.90. The summed E-state index contributed by atoms with van der Waals surface area (Å²) in [4.78, 5) is 45.0. The van der Waals surface area contributed by atoms with E-state index in [9.17, 15) is 14.4 Å². The average molecular weight is 474 g/mol. The molecule has 3 amide bonds. The van der Waals surface area contributed by atoms with Gasteiger partial charge in [-0.3, -0.25) is 19.7 Å². The van der Waals surface area contributed by atoms with Gasteiger partial charge in [0, 0.05) is 21.0 Å². The zero-order valence-corrected chi connectivity index (χ0v) is 18.9. The SMILES string of the molecule is Cc1sc(NC(=O)c2cccc(N3C(=O)c4ccccc4C3=O)c2)nc1-c1ccc(Cl)cc1. The first kappa shape index (κ1) is 21.1. The van der Waals surface area contributed by atoms with Gasteiger partial charge in [0.2, 0.25) is 0 Å². The van der Waals surface area contributed by atoms with Crippen LogP contribution in [0.5, 0.6) is 0 Å². The van der Waals surface area contributed by atoms with E-state index in [4.69, 9.17) is 11.6 Å². The molecule has 33 heavy (non-hydrogen) atoms. The lowest BCUT2D eigenvalue weighted by molar-refractivity contribution is 0.0924. The van der Waals surface area contributed by atoms with Gasteiger partial charge in [-0.15, -0.1) is 11.3 Å². The maximum absolute atomic E-state index is 12.9. The molecule has 0 fully saturated rings. The van der Waals surface area contributed by atoms with Gasteiger partial charge in [-0.1, -0.05) is 41.9 Å². The number of nitrogens with zero attached hydrogens (tertiary/aromatic N) is 2. The summed E-state index contributed by atoms with van der Waals surface area (Å²) in [6.45, 7) is 1.93. The maximum atomic E-state index is 12.9. The molecule has 1 aliphatic rings. The molecule has 0 saturated carbocycles. The molecule has 1 N–H and O–H groups in total. The second-order valence-electron chi connectivity index (χ2n) is 7.43. The minimum atomic E-state index is -0.406. The van der Waals surface area contributed by atoms with Crippen LogP contribution in [0.2, 0.25) is 5.02 Å². The minimum absolute atomic E-state index is 0.310. The molecule has 0 bridgehead atoms. The van der Waals surface area contributed by atoms with Gasteiger partial charge in [-0.05, 0) is 49.4 Å². The number of aromatic nitrogens is 1. The predicted octanol–water partition coefficient (Wildman–Crippen LogP) is 5.82. The number of rotatable bonds is 4. The highest BCUT2D eigenvalue weighted by Crippen LogP contribution is 2.32. The monoisotopic (exact) mass is 473 g/mol. The molecule has 0 spiro atoms. The standard InChI is InChI=1S/C25H16ClN3O3S/c1-14-21(15-9-11-17(26)12-10-15)27-25(33-14)28-22(30)16-5-4-6-18(13-16)29-23(31)19-7-2-3-8-20(19)24(29)32/h2-13H,1H3,(H,27,28,30). The lowest BCUT2D eigenvalue weighted by atomic mass is 10.1. The molecular formula is C25H16ClN3O3S. The summed E-state index contributed by atoms with van der Waals surface area (Å²) >= 11 is 7.33. The van der Waals surface area contributed by atoms with Crippen molar-refractivity contribution in [2.24, 2.45) is 0 Å².